The highest BCUT2D eigenvalue weighted by Gasteiger charge is 2.20. The van der Waals surface area contributed by atoms with Gasteiger partial charge in [-0.15, -0.1) is 0 Å². The Morgan fingerprint density at radius 3 is 0.859 bits per heavy atom. The van der Waals surface area contributed by atoms with Gasteiger partial charge in [-0.2, -0.15) is 0 Å². The first-order chi connectivity index (χ1) is 35.0. The van der Waals surface area contributed by atoms with Gasteiger partial charge < -0.3 is 20.6 Å². The van der Waals surface area contributed by atoms with Gasteiger partial charge in [0, 0.05) is 0 Å². The lowest BCUT2D eigenvalue weighted by Gasteiger charge is -2.21. The summed E-state index contributed by atoms with van der Waals surface area (Å²) in [5, 5.41) is 33.6. The van der Waals surface area contributed by atoms with Gasteiger partial charge in [-0.25, -0.2) is 0 Å². The number of hydrogen-bond acceptors (Lipinski definition) is 4. The lowest BCUT2D eigenvalue weighted by molar-refractivity contribution is -0.124. The average molecular weight is 1000 g/mol. The SMILES string of the molecule is CCCCCCCCCCCCCCCCCC/C=C\CCCCCCCCCCCCCCCCCC(O)CC(=O)NC(CO)C(O)/C=C/CCCCCCCCCCCCCCCCCCCCC. The maximum Gasteiger partial charge on any atom is 0.222 e. The number of nitrogens with one attached hydrogen (secondary N) is 1. The molecule has 5 nitrogen and oxygen atoms in total. The van der Waals surface area contributed by atoms with E-state index in [-0.39, 0.29) is 18.9 Å². The van der Waals surface area contributed by atoms with Crippen molar-refractivity contribution in [1.29, 1.82) is 0 Å². The minimum absolute atomic E-state index is 0.0174. The van der Waals surface area contributed by atoms with Crippen LogP contribution in [-0.2, 0) is 4.79 Å². The summed E-state index contributed by atoms with van der Waals surface area (Å²) in [7, 11) is 0. The van der Waals surface area contributed by atoms with Crippen LogP contribution in [-0.4, -0.2) is 46.1 Å². The molecule has 3 unspecified atom stereocenters. The van der Waals surface area contributed by atoms with Crippen molar-refractivity contribution in [1.82, 2.24) is 5.32 Å². The molecule has 0 aliphatic heterocycles. The van der Waals surface area contributed by atoms with Gasteiger partial charge in [-0.05, 0) is 44.9 Å². The zero-order valence-electron chi connectivity index (χ0n) is 48.4. The standard InChI is InChI=1S/C66H129NO4/c1-3-5-7-9-11-13-15-17-19-21-23-25-26-27-28-29-30-31-32-33-34-35-36-37-38-40-41-43-45-47-49-51-53-55-57-59-63(69)61-66(71)67-64(62-68)65(70)60-58-56-54-52-50-48-46-44-42-39-24-22-20-18-16-14-12-10-8-6-4-2/h31-32,58,60,63-65,68-70H,3-30,33-57,59,61-62H2,1-2H3,(H,67,71)/b32-31-,60-58+. The van der Waals surface area contributed by atoms with E-state index < -0.39 is 18.2 Å². The van der Waals surface area contributed by atoms with Crippen molar-refractivity contribution >= 4 is 5.91 Å². The second kappa shape index (κ2) is 61.4. The highest BCUT2D eigenvalue weighted by Crippen LogP contribution is 2.19. The summed E-state index contributed by atoms with van der Waals surface area (Å²) in [5.41, 5.74) is 0. The fourth-order valence-corrected chi connectivity index (χ4v) is 10.5. The van der Waals surface area contributed by atoms with E-state index in [1.165, 1.54) is 315 Å². The van der Waals surface area contributed by atoms with Crippen molar-refractivity contribution in [3.8, 4) is 0 Å². The van der Waals surface area contributed by atoms with Crippen LogP contribution in [0.25, 0.3) is 0 Å². The van der Waals surface area contributed by atoms with Gasteiger partial charge in [-0.3, -0.25) is 4.79 Å². The zero-order valence-corrected chi connectivity index (χ0v) is 48.4. The number of rotatable bonds is 61. The van der Waals surface area contributed by atoms with E-state index in [4.69, 9.17) is 0 Å². The van der Waals surface area contributed by atoms with Crippen molar-refractivity contribution in [2.45, 2.75) is 385 Å². The smallest absolute Gasteiger partial charge is 0.222 e. The number of unbranched alkanes of at least 4 members (excludes halogenated alkanes) is 50. The van der Waals surface area contributed by atoms with E-state index in [0.717, 1.165) is 25.7 Å². The second-order valence-electron chi connectivity index (χ2n) is 22.7. The topological polar surface area (TPSA) is 89.8 Å². The van der Waals surface area contributed by atoms with Crippen molar-refractivity contribution in [2.75, 3.05) is 6.61 Å². The Bertz CT molecular complexity index is 1060. The third-order valence-electron chi connectivity index (χ3n) is 15.5. The number of allylic oxidation sites excluding steroid dienone is 3. The maximum atomic E-state index is 12.6. The van der Waals surface area contributed by atoms with Crippen LogP contribution in [0, 0.1) is 0 Å². The molecule has 0 saturated carbocycles. The predicted octanol–water partition coefficient (Wildman–Crippen LogP) is 20.8. The highest BCUT2D eigenvalue weighted by molar-refractivity contribution is 5.76. The number of amides is 1. The van der Waals surface area contributed by atoms with Gasteiger partial charge in [0.25, 0.3) is 0 Å². The summed E-state index contributed by atoms with van der Waals surface area (Å²) >= 11 is 0. The highest BCUT2D eigenvalue weighted by atomic mass is 16.3. The minimum Gasteiger partial charge on any atom is -0.394 e. The number of carbonyl (C=O) groups excluding carboxylic acids is 1. The van der Waals surface area contributed by atoms with Crippen molar-refractivity contribution in [3.05, 3.63) is 24.3 Å². The Morgan fingerprint density at radius 2 is 0.592 bits per heavy atom. The first-order valence-corrected chi connectivity index (χ1v) is 32.6. The zero-order chi connectivity index (χ0) is 51.4. The van der Waals surface area contributed by atoms with Gasteiger partial charge in [0.2, 0.25) is 5.91 Å². The van der Waals surface area contributed by atoms with E-state index >= 15 is 0 Å². The first-order valence-electron chi connectivity index (χ1n) is 32.6. The lowest BCUT2D eigenvalue weighted by Crippen LogP contribution is -2.45. The van der Waals surface area contributed by atoms with Crippen LogP contribution < -0.4 is 5.32 Å². The maximum absolute atomic E-state index is 12.6. The Morgan fingerprint density at radius 1 is 0.352 bits per heavy atom. The van der Waals surface area contributed by atoms with Crippen LogP contribution in [0.3, 0.4) is 0 Å². The quantitative estimate of drug-likeness (QED) is 0.0361. The fourth-order valence-electron chi connectivity index (χ4n) is 10.5. The van der Waals surface area contributed by atoms with Crippen LogP contribution in [0.4, 0.5) is 0 Å². The molecule has 0 radical (unpaired) electrons. The van der Waals surface area contributed by atoms with Crippen molar-refractivity contribution in [3.63, 3.8) is 0 Å². The molecule has 0 spiro atoms. The summed E-state index contributed by atoms with van der Waals surface area (Å²) in [4.78, 5) is 12.6. The van der Waals surface area contributed by atoms with Gasteiger partial charge in [0.15, 0.2) is 0 Å². The second-order valence-corrected chi connectivity index (χ2v) is 22.7. The molecule has 0 bridgehead atoms. The lowest BCUT2D eigenvalue weighted by atomic mass is 10.0. The number of carbonyl (C=O) groups is 1. The molecule has 0 aromatic carbocycles. The van der Waals surface area contributed by atoms with Crippen LogP contribution in [0.2, 0.25) is 0 Å². The Labute approximate surface area is 445 Å². The van der Waals surface area contributed by atoms with E-state index in [9.17, 15) is 20.1 Å². The Balaban J connectivity index is 3.48. The largest absolute Gasteiger partial charge is 0.394 e. The molecule has 4 N–H and O–H groups in total. The molecule has 1 amide bonds. The van der Waals surface area contributed by atoms with E-state index in [1.54, 1.807) is 6.08 Å². The van der Waals surface area contributed by atoms with Crippen molar-refractivity contribution in [2.24, 2.45) is 0 Å². The summed E-state index contributed by atoms with van der Waals surface area (Å²) in [6, 6.07) is -0.744. The summed E-state index contributed by atoms with van der Waals surface area (Å²) in [6.07, 6.45) is 79.8. The number of aliphatic hydroxyl groups excluding tert-OH is 3. The van der Waals surface area contributed by atoms with Gasteiger partial charge in [0.1, 0.15) is 0 Å². The van der Waals surface area contributed by atoms with Crippen LogP contribution in [0.5, 0.6) is 0 Å². The van der Waals surface area contributed by atoms with E-state index in [1.807, 2.05) is 6.08 Å². The predicted molar refractivity (Wildman–Crippen MR) is 315 cm³/mol. The molecule has 71 heavy (non-hydrogen) atoms. The van der Waals surface area contributed by atoms with E-state index in [2.05, 4.69) is 31.3 Å². The summed E-state index contributed by atoms with van der Waals surface area (Å²) in [6.45, 7) is 4.26. The van der Waals surface area contributed by atoms with E-state index in [0.29, 0.717) is 6.42 Å². The molecule has 0 aromatic rings. The van der Waals surface area contributed by atoms with Gasteiger partial charge >= 0.3 is 0 Å². The molecule has 5 heteroatoms. The molecule has 0 saturated heterocycles. The molecule has 0 aromatic heterocycles. The molecule has 0 aliphatic rings. The normalized spacial score (nSPS) is 13.3. The molecule has 0 rings (SSSR count). The first kappa shape index (κ1) is 69.8. The monoisotopic (exact) mass is 1000 g/mol. The minimum atomic E-state index is -0.928. The van der Waals surface area contributed by atoms with Crippen LogP contribution >= 0.6 is 0 Å². The molecule has 422 valence electrons. The van der Waals surface area contributed by atoms with Crippen LogP contribution in [0.15, 0.2) is 24.3 Å². The average Bonchev–Trinajstić information content (AvgIpc) is 3.37. The van der Waals surface area contributed by atoms with Gasteiger partial charge in [0.05, 0.1) is 31.3 Å². The van der Waals surface area contributed by atoms with Crippen LogP contribution in [0.1, 0.15) is 367 Å². The molecular weight excluding hydrogens is 871 g/mol. The number of aliphatic hydroxyl groups is 3. The molecule has 3 atom stereocenters. The third-order valence-corrected chi connectivity index (χ3v) is 15.5. The molecule has 0 heterocycles. The van der Waals surface area contributed by atoms with Crippen molar-refractivity contribution < 1.29 is 20.1 Å². The Hall–Kier alpha value is -1.17. The summed E-state index contributed by atoms with van der Waals surface area (Å²) < 4.78 is 0. The number of hydrogen-bond donors (Lipinski definition) is 4. The van der Waals surface area contributed by atoms with Gasteiger partial charge in [-0.1, -0.05) is 340 Å². The fraction of sp³-hybridized carbons (Fsp3) is 0.924. The summed E-state index contributed by atoms with van der Waals surface area (Å²) in [5.74, 6) is -0.309. The molecular formula is C66H129NO4. The molecule has 0 fully saturated rings. The third kappa shape index (κ3) is 58.0. The molecule has 0 aliphatic carbocycles. The Kier molecular flexibility index (Phi) is 60.4.